The van der Waals surface area contributed by atoms with Gasteiger partial charge in [-0.25, -0.2) is 0 Å². The van der Waals surface area contributed by atoms with Crippen LogP contribution in [0.3, 0.4) is 0 Å². The molecule has 0 heterocycles. The van der Waals surface area contributed by atoms with Gasteiger partial charge < -0.3 is 15.3 Å². The van der Waals surface area contributed by atoms with Crippen LogP contribution in [0.1, 0.15) is 81.9 Å². The van der Waals surface area contributed by atoms with E-state index < -0.39 is 29.9 Å². The molecular weight excluding hydrogens is 445 g/mol. The molecule has 1 aliphatic rings. The van der Waals surface area contributed by atoms with Crippen molar-refractivity contribution in [2.24, 2.45) is 17.8 Å². The van der Waals surface area contributed by atoms with E-state index in [9.17, 15) is 28.2 Å². The maximum atomic E-state index is 13.4. The number of unbranched alkanes of at least 4 members (excludes halogenated alkanes) is 3. The fraction of sp³-hybridized carbons (Fsp3) is 0.593. The molecule has 1 saturated carbocycles. The van der Waals surface area contributed by atoms with E-state index in [4.69, 9.17) is 5.11 Å². The largest absolute Gasteiger partial charge is 0.481 e. The van der Waals surface area contributed by atoms with Crippen molar-refractivity contribution in [3.63, 3.8) is 0 Å². The number of benzene rings is 2. The maximum absolute atomic E-state index is 13.4. The first-order valence-electron chi connectivity index (χ1n) is 12.3. The molecule has 0 radical (unpaired) electrons. The minimum Gasteiger partial charge on any atom is -0.481 e. The second kappa shape index (κ2) is 11.5. The fourth-order valence-corrected chi connectivity index (χ4v) is 5.61. The molecule has 5 atom stereocenters. The molecule has 7 heteroatoms. The standard InChI is InChI=1S/C27H35F3O4/c1-17-15-25(32)21(20(17)8-4-2-3-5-10-26(33)34)13-14-24(31)19-12-11-18-7-6-9-23(22(18)16-19)27(28,29)30/h6-7,9,11-12,16-17,20-21,24-25,31-32H,2-5,8,10,13-15H2,1H3,(H,33,34)/t17-,20?,21+,24?,25+/m0/s1. The summed E-state index contributed by atoms with van der Waals surface area (Å²) in [4.78, 5) is 10.6. The quantitative estimate of drug-likeness (QED) is 0.312. The van der Waals surface area contributed by atoms with Gasteiger partial charge in [0.2, 0.25) is 0 Å². The molecular formula is C27H35F3O4. The highest BCUT2D eigenvalue weighted by atomic mass is 19.4. The Morgan fingerprint density at radius 2 is 1.79 bits per heavy atom. The van der Waals surface area contributed by atoms with E-state index in [1.165, 1.54) is 12.1 Å². The molecule has 4 nitrogen and oxygen atoms in total. The van der Waals surface area contributed by atoms with Crippen molar-refractivity contribution in [1.82, 2.24) is 0 Å². The van der Waals surface area contributed by atoms with E-state index in [1.807, 2.05) is 0 Å². The second-order valence-corrected chi connectivity index (χ2v) is 9.83. The van der Waals surface area contributed by atoms with Gasteiger partial charge in [-0.15, -0.1) is 0 Å². The number of aliphatic carboxylic acids is 1. The van der Waals surface area contributed by atoms with Gasteiger partial charge in [-0.2, -0.15) is 13.2 Å². The lowest BCUT2D eigenvalue weighted by molar-refractivity contribution is -0.137. The molecule has 0 saturated heterocycles. The van der Waals surface area contributed by atoms with Crippen LogP contribution in [0.2, 0.25) is 0 Å². The smallest absolute Gasteiger partial charge is 0.417 e. The van der Waals surface area contributed by atoms with Crippen molar-refractivity contribution >= 4 is 16.7 Å². The number of rotatable bonds is 11. The monoisotopic (exact) mass is 480 g/mol. The van der Waals surface area contributed by atoms with E-state index in [0.717, 1.165) is 38.2 Å². The molecule has 0 aromatic heterocycles. The number of hydrogen-bond acceptors (Lipinski definition) is 3. The molecule has 1 fully saturated rings. The number of hydrogen-bond donors (Lipinski definition) is 3. The molecule has 0 bridgehead atoms. The lowest BCUT2D eigenvalue weighted by atomic mass is 9.82. The van der Waals surface area contributed by atoms with E-state index in [1.54, 1.807) is 18.2 Å². The first kappa shape index (κ1) is 26.5. The van der Waals surface area contributed by atoms with Gasteiger partial charge in [0.1, 0.15) is 0 Å². The van der Waals surface area contributed by atoms with Crippen LogP contribution in [-0.4, -0.2) is 27.4 Å². The van der Waals surface area contributed by atoms with Gasteiger partial charge in [-0.1, -0.05) is 50.5 Å². The average molecular weight is 481 g/mol. The van der Waals surface area contributed by atoms with Gasteiger partial charge in [-0.3, -0.25) is 4.79 Å². The zero-order valence-corrected chi connectivity index (χ0v) is 19.6. The minimum absolute atomic E-state index is 0.0508. The number of aliphatic hydroxyl groups excluding tert-OH is 2. The van der Waals surface area contributed by atoms with Gasteiger partial charge in [0, 0.05) is 6.42 Å². The summed E-state index contributed by atoms with van der Waals surface area (Å²) in [5.41, 5.74) is -0.248. The van der Waals surface area contributed by atoms with Crippen molar-refractivity contribution in [1.29, 1.82) is 0 Å². The van der Waals surface area contributed by atoms with Crippen molar-refractivity contribution in [2.45, 2.75) is 83.1 Å². The number of carbonyl (C=O) groups is 1. The van der Waals surface area contributed by atoms with E-state index in [2.05, 4.69) is 6.92 Å². The zero-order chi connectivity index (χ0) is 24.9. The SMILES string of the molecule is C[C@H]1C[C@@H](O)[C@H](CCC(O)c2ccc3cccc(C(F)(F)F)c3c2)C1CCCCCCC(=O)O. The third kappa shape index (κ3) is 6.72. The number of halogens is 3. The Labute approximate surface area is 198 Å². The van der Waals surface area contributed by atoms with Crippen molar-refractivity contribution in [2.75, 3.05) is 0 Å². The van der Waals surface area contributed by atoms with Crippen LogP contribution in [0.5, 0.6) is 0 Å². The highest BCUT2D eigenvalue weighted by Crippen LogP contribution is 2.44. The Morgan fingerprint density at radius 3 is 2.50 bits per heavy atom. The summed E-state index contributed by atoms with van der Waals surface area (Å²) < 4.78 is 40.2. The first-order chi connectivity index (χ1) is 16.1. The van der Waals surface area contributed by atoms with Gasteiger partial charge in [0.05, 0.1) is 17.8 Å². The molecule has 34 heavy (non-hydrogen) atoms. The third-order valence-electron chi connectivity index (χ3n) is 7.44. The number of carboxylic acid groups (broad SMARTS) is 1. The molecule has 2 unspecified atom stereocenters. The van der Waals surface area contributed by atoms with E-state index >= 15 is 0 Å². The molecule has 2 aromatic rings. The van der Waals surface area contributed by atoms with E-state index in [-0.39, 0.29) is 17.7 Å². The molecule has 188 valence electrons. The van der Waals surface area contributed by atoms with Gasteiger partial charge in [0.15, 0.2) is 0 Å². The van der Waals surface area contributed by atoms with Crippen LogP contribution < -0.4 is 0 Å². The normalized spacial score (nSPS) is 23.9. The molecule has 0 aliphatic heterocycles. The van der Waals surface area contributed by atoms with E-state index in [0.29, 0.717) is 42.0 Å². The van der Waals surface area contributed by atoms with Gasteiger partial charge >= 0.3 is 12.1 Å². The topological polar surface area (TPSA) is 77.8 Å². The van der Waals surface area contributed by atoms with Crippen LogP contribution in [0.4, 0.5) is 13.2 Å². The Kier molecular flexibility index (Phi) is 8.99. The minimum atomic E-state index is -4.46. The first-order valence-corrected chi connectivity index (χ1v) is 12.3. The van der Waals surface area contributed by atoms with Gasteiger partial charge in [0.25, 0.3) is 0 Å². The highest BCUT2D eigenvalue weighted by Gasteiger charge is 2.39. The summed E-state index contributed by atoms with van der Waals surface area (Å²) >= 11 is 0. The average Bonchev–Trinajstić information content (AvgIpc) is 3.04. The van der Waals surface area contributed by atoms with Gasteiger partial charge in [-0.05, 0) is 78.3 Å². The fourth-order valence-electron chi connectivity index (χ4n) is 5.61. The molecule has 0 spiro atoms. The summed E-state index contributed by atoms with van der Waals surface area (Å²) in [5.74, 6) is -0.0247. The Hall–Kier alpha value is -2.12. The number of carboxylic acids is 1. The summed E-state index contributed by atoms with van der Waals surface area (Å²) in [5, 5.41) is 30.7. The van der Waals surface area contributed by atoms with Crippen LogP contribution in [-0.2, 0) is 11.0 Å². The van der Waals surface area contributed by atoms with Crippen LogP contribution in [0.15, 0.2) is 36.4 Å². The third-order valence-corrected chi connectivity index (χ3v) is 7.44. The predicted octanol–water partition coefficient (Wildman–Crippen LogP) is 6.73. The van der Waals surface area contributed by atoms with Crippen LogP contribution in [0, 0.1) is 17.8 Å². The molecule has 3 rings (SSSR count). The second-order valence-electron chi connectivity index (χ2n) is 9.83. The predicted molar refractivity (Wildman–Crippen MR) is 125 cm³/mol. The lowest BCUT2D eigenvalue weighted by Gasteiger charge is -2.25. The van der Waals surface area contributed by atoms with Crippen molar-refractivity contribution < 1.29 is 33.3 Å². The summed E-state index contributed by atoms with van der Waals surface area (Å²) in [6, 6.07) is 8.80. The van der Waals surface area contributed by atoms with Crippen LogP contribution >= 0.6 is 0 Å². The van der Waals surface area contributed by atoms with Crippen LogP contribution in [0.25, 0.3) is 10.8 Å². The summed E-state index contributed by atoms with van der Waals surface area (Å²) in [6.45, 7) is 2.14. The zero-order valence-electron chi connectivity index (χ0n) is 19.6. The van der Waals surface area contributed by atoms with Crippen molar-refractivity contribution in [3.8, 4) is 0 Å². The molecule has 1 aliphatic carbocycles. The lowest BCUT2D eigenvalue weighted by Crippen LogP contribution is -2.21. The number of aliphatic hydroxyl groups is 2. The Balaban J connectivity index is 1.60. The summed E-state index contributed by atoms with van der Waals surface area (Å²) in [7, 11) is 0. The highest BCUT2D eigenvalue weighted by molar-refractivity contribution is 5.87. The molecule has 3 N–H and O–H groups in total. The maximum Gasteiger partial charge on any atom is 0.417 e. The Bertz CT molecular complexity index is 959. The molecule has 2 aromatic carbocycles. The van der Waals surface area contributed by atoms with Crippen molar-refractivity contribution in [3.05, 3.63) is 47.5 Å². The molecule has 0 amide bonds. The summed E-state index contributed by atoms with van der Waals surface area (Å²) in [6.07, 6.45) is 0.540. The Morgan fingerprint density at radius 1 is 1.06 bits per heavy atom. The number of alkyl halides is 3. The number of fused-ring (bicyclic) bond motifs is 1.